The standard InChI is InChI=1S/C7H12N2.C5H10O2/c1-2-3-6-9-7-4-5-8-9;1-5(2,3)7-4-6/h4-5,7H,2-3,6H2,1H3;4H,1-3H3. The molecule has 1 rings (SSSR count). The van der Waals surface area contributed by atoms with Gasteiger partial charge in [-0.15, -0.1) is 0 Å². The smallest absolute Gasteiger partial charge is 0.293 e. The number of hydrogen-bond donors (Lipinski definition) is 0. The van der Waals surface area contributed by atoms with Crippen molar-refractivity contribution >= 4 is 6.47 Å². The monoisotopic (exact) mass is 226 g/mol. The van der Waals surface area contributed by atoms with Gasteiger partial charge in [-0.1, -0.05) is 13.3 Å². The number of unbranched alkanes of at least 4 members (excludes halogenated alkanes) is 1. The molecule has 0 amide bonds. The number of hydrogen-bond acceptors (Lipinski definition) is 3. The first kappa shape index (κ1) is 14.7. The number of ether oxygens (including phenoxy) is 1. The maximum atomic E-state index is 9.60. The zero-order valence-electron chi connectivity index (χ0n) is 10.6. The van der Waals surface area contributed by atoms with E-state index in [9.17, 15) is 4.79 Å². The molecule has 4 heteroatoms. The van der Waals surface area contributed by atoms with Gasteiger partial charge in [0.25, 0.3) is 6.47 Å². The first-order chi connectivity index (χ1) is 7.49. The third-order valence-corrected chi connectivity index (χ3v) is 1.70. The Hall–Kier alpha value is -1.32. The SMILES string of the molecule is CC(C)(C)OC=O.CCCCn1cccn1. The first-order valence-electron chi connectivity index (χ1n) is 5.58. The molecule has 0 aliphatic heterocycles. The number of aryl methyl sites for hydroxylation is 1. The van der Waals surface area contributed by atoms with Crippen molar-refractivity contribution in [3.05, 3.63) is 18.5 Å². The lowest BCUT2D eigenvalue weighted by Crippen LogP contribution is -2.17. The fourth-order valence-corrected chi connectivity index (χ4v) is 0.897. The Morgan fingerprint density at radius 3 is 2.44 bits per heavy atom. The number of aromatic nitrogens is 2. The van der Waals surface area contributed by atoms with Crippen LogP contribution < -0.4 is 0 Å². The van der Waals surface area contributed by atoms with Gasteiger partial charge >= 0.3 is 0 Å². The van der Waals surface area contributed by atoms with Crippen LogP contribution in [-0.2, 0) is 16.1 Å². The van der Waals surface area contributed by atoms with Crippen molar-refractivity contribution in [2.24, 2.45) is 0 Å². The fraction of sp³-hybridized carbons (Fsp3) is 0.667. The second-order valence-electron chi connectivity index (χ2n) is 4.45. The fourth-order valence-electron chi connectivity index (χ4n) is 0.897. The minimum Gasteiger partial charge on any atom is -0.462 e. The van der Waals surface area contributed by atoms with E-state index in [0.717, 1.165) is 6.54 Å². The Balaban J connectivity index is 0.000000293. The second kappa shape index (κ2) is 7.91. The van der Waals surface area contributed by atoms with Crippen LogP contribution in [0.2, 0.25) is 0 Å². The number of rotatable bonds is 4. The molecule has 0 unspecified atom stereocenters. The highest BCUT2D eigenvalue weighted by molar-refractivity contribution is 5.37. The van der Waals surface area contributed by atoms with E-state index >= 15 is 0 Å². The highest BCUT2D eigenvalue weighted by Gasteiger charge is 2.07. The van der Waals surface area contributed by atoms with Crippen molar-refractivity contribution in [1.82, 2.24) is 9.78 Å². The van der Waals surface area contributed by atoms with Gasteiger partial charge in [-0.3, -0.25) is 9.48 Å². The molecule has 0 radical (unpaired) electrons. The summed E-state index contributed by atoms with van der Waals surface area (Å²) in [5.74, 6) is 0. The van der Waals surface area contributed by atoms with Gasteiger partial charge in [-0.2, -0.15) is 5.10 Å². The summed E-state index contributed by atoms with van der Waals surface area (Å²) >= 11 is 0. The van der Waals surface area contributed by atoms with E-state index in [4.69, 9.17) is 0 Å². The Kier molecular flexibility index (Phi) is 7.25. The maximum Gasteiger partial charge on any atom is 0.293 e. The van der Waals surface area contributed by atoms with Gasteiger partial charge in [0.2, 0.25) is 0 Å². The van der Waals surface area contributed by atoms with Crippen LogP contribution >= 0.6 is 0 Å². The van der Waals surface area contributed by atoms with Crippen LogP contribution in [0.25, 0.3) is 0 Å². The molecular weight excluding hydrogens is 204 g/mol. The van der Waals surface area contributed by atoms with E-state index in [0.29, 0.717) is 6.47 Å². The zero-order valence-corrected chi connectivity index (χ0v) is 10.6. The van der Waals surface area contributed by atoms with E-state index in [-0.39, 0.29) is 5.60 Å². The minimum absolute atomic E-state index is 0.318. The van der Waals surface area contributed by atoms with Crippen molar-refractivity contribution in [2.45, 2.75) is 52.7 Å². The van der Waals surface area contributed by atoms with Gasteiger partial charge < -0.3 is 4.74 Å². The molecule has 0 aliphatic carbocycles. The predicted octanol–water partition coefficient (Wildman–Crippen LogP) is 2.64. The molecule has 0 saturated heterocycles. The Morgan fingerprint density at radius 1 is 1.44 bits per heavy atom. The lowest BCUT2D eigenvalue weighted by molar-refractivity contribution is -0.138. The molecule has 4 nitrogen and oxygen atoms in total. The quantitative estimate of drug-likeness (QED) is 0.741. The predicted molar refractivity (Wildman–Crippen MR) is 64.0 cm³/mol. The van der Waals surface area contributed by atoms with Crippen LogP contribution in [0.3, 0.4) is 0 Å². The molecule has 0 bridgehead atoms. The third-order valence-electron chi connectivity index (χ3n) is 1.70. The van der Waals surface area contributed by atoms with Gasteiger partial charge in [0.1, 0.15) is 5.60 Å². The van der Waals surface area contributed by atoms with Gasteiger partial charge in [0, 0.05) is 18.9 Å². The highest BCUT2D eigenvalue weighted by atomic mass is 16.5. The second-order valence-corrected chi connectivity index (χ2v) is 4.45. The summed E-state index contributed by atoms with van der Waals surface area (Å²) in [5.41, 5.74) is -0.318. The maximum absolute atomic E-state index is 9.60. The Morgan fingerprint density at radius 2 is 2.12 bits per heavy atom. The third kappa shape index (κ3) is 9.24. The lowest BCUT2D eigenvalue weighted by Gasteiger charge is -2.14. The van der Waals surface area contributed by atoms with E-state index in [1.807, 2.05) is 43.9 Å². The van der Waals surface area contributed by atoms with Crippen molar-refractivity contribution in [3.8, 4) is 0 Å². The summed E-state index contributed by atoms with van der Waals surface area (Å²) in [7, 11) is 0. The lowest BCUT2D eigenvalue weighted by atomic mass is 10.2. The molecule has 0 spiro atoms. The Labute approximate surface area is 97.6 Å². The van der Waals surface area contributed by atoms with Crippen molar-refractivity contribution < 1.29 is 9.53 Å². The number of nitrogens with zero attached hydrogens (tertiary/aromatic N) is 2. The average Bonchev–Trinajstić information content (AvgIpc) is 2.66. The summed E-state index contributed by atoms with van der Waals surface area (Å²) in [5, 5.41) is 4.07. The first-order valence-corrected chi connectivity index (χ1v) is 5.58. The van der Waals surface area contributed by atoms with Gasteiger partial charge in [-0.25, -0.2) is 0 Å². The topological polar surface area (TPSA) is 44.1 Å². The van der Waals surface area contributed by atoms with Crippen molar-refractivity contribution in [2.75, 3.05) is 0 Å². The van der Waals surface area contributed by atoms with Crippen LogP contribution in [-0.4, -0.2) is 21.9 Å². The van der Waals surface area contributed by atoms with E-state index < -0.39 is 0 Å². The molecule has 1 heterocycles. The number of carbonyl (C=O) groups excluding carboxylic acids is 1. The number of carbonyl (C=O) groups is 1. The zero-order chi connectivity index (χ0) is 12.4. The summed E-state index contributed by atoms with van der Waals surface area (Å²) in [6.45, 7) is 9.16. The molecule has 92 valence electrons. The minimum atomic E-state index is -0.318. The Bertz CT molecular complexity index is 263. The normalized spacial score (nSPS) is 10.2. The average molecular weight is 226 g/mol. The molecule has 0 atom stereocenters. The summed E-state index contributed by atoms with van der Waals surface area (Å²) < 4.78 is 6.51. The van der Waals surface area contributed by atoms with Gasteiger partial charge in [0.05, 0.1) is 0 Å². The summed E-state index contributed by atoms with van der Waals surface area (Å²) in [4.78, 5) is 9.60. The largest absolute Gasteiger partial charge is 0.462 e. The van der Waals surface area contributed by atoms with E-state index in [2.05, 4.69) is 16.8 Å². The molecule has 16 heavy (non-hydrogen) atoms. The van der Waals surface area contributed by atoms with Crippen LogP contribution in [0.5, 0.6) is 0 Å². The van der Waals surface area contributed by atoms with Crippen LogP contribution in [0.15, 0.2) is 18.5 Å². The van der Waals surface area contributed by atoms with Crippen LogP contribution in [0.1, 0.15) is 40.5 Å². The molecule has 1 aromatic rings. The molecule has 0 N–H and O–H groups in total. The van der Waals surface area contributed by atoms with Gasteiger partial charge in [0.15, 0.2) is 0 Å². The van der Waals surface area contributed by atoms with Crippen LogP contribution in [0.4, 0.5) is 0 Å². The summed E-state index contributed by atoms with van der Waals surface area (Å²) in [6, 6.07) is 1.95. The van der Waals surface area contributed by atoms with E-state index in [1.54, 1.807) is 0 Å². The molecule has 0 aliphatic rings. The van der Waals surface area contributed by atoms with Crippen molar-refractivity contribution in [1.29, 1.82) is 0 Å². The van der Waals surface area contributed by atoms with Crippen molar-refractivity contribution in [3.63, 3.8) is 0 Å². The van der Waals surface area contributed by atoms with Gasteiger partial charge in [-0.05, 0) is 33.3 Å². The molecule has 0 fully saturated rings. The summed E-state index contributed by atoms with van der Waals surface area (Å²) in [6.07, 6.45) is 6.27. The highest BCUT2D eigenvalue weighted by Crippen LogP contribution is 2.02. The van der Waals surface area contributed by atoms with Crippen LogP contribution in [0, 0.1) is 0 Å². The molecular formula is C12H22N2O2. The van der Waals surface area contributed by atoms with E-state index in [1.165, 1.54) is 12.8 Å². The molecule has 1 aromatic heterocycles. The molecule has 0 aromatic carbocycles. The molecule has 0 saturated carbocycles.